The van der Waals surface area contributed by atoms with Gasteiger partial charge >= 0.3 is 0 Å². The van der Waals surface area contributed by atoms with Gasteiger partial charge in [-0.1, -0.05) is 23.6 Å². The van der Waals surface area contributed by atoms with Crippen LogP contribution in [0.25, 0.3) is 0 Å². The van der Waals surface area contributed by atoms with Crippen molar-refractivity contribution in [3.8, 4) is 0 Å². The highest BCUT2D eigenvalue weighted by molar-refractivity contribution is 8.01. The van der Waals surface area contributed by atoms with Gasteiger partial charge in [0.1, 0.15) is 5.01 Å². The van der Waals surface area contributed by atoms with E-state index in [1.807, 2.05) is 6.92 Å². The second-order valence-electron chi connectivity index (χ2n) is 2.17. The van der Waals surface area contributed by atoms with E-state index in [1.54, 1.807) is 0 Å². The molecule has 0 saturated carbocycles. The highest BCUT2D eigenvalue weighted by Crippen LogP contribution is 2.28. The van der Waals surface area contributed by atoms with Crippen LogP contribution in [0.2, 0.25) is 0 Å². The zero-order chi connectivity index (χ0) is 9.26. The van der Waals surface area contributed by atoms with Crippen LogP contribution in [0.5, 0.6) is 0 Å². The first-order valence-electron chi connectivity index (χ1n) is 3.37. The lowest BCUT2D eigenvalue weighted by atomic mass is 10.9. The summed E-state index contributed by atoms with van der Waals surface area (Å²) in [5.74, 6) is 0. The Kier molecular flexibility index (Phi) is 2.42. The van der Waals surface area contributed by atoms with E-state index >= 15 is 0 Å². The highest BCUT2D eigenvalue weighted by atomic mass is 32.2. The van der Waals surface area contributed by atoms with Gasteiger partial charge in [-0.15, -0.1) is 15.3 Å². The molecule has 13 heavy (non-hydrogen) atoms. The van der Waals surface area contributed by atoms with Gasteiger partial charge < -0.3 is 0 Å². The van der Waals surface area contributed by atoms with Gasteiger partial charge in [0.15, 0.2) is 14.0 Å². The van der Waals surface area contributed by atoms with Crippen molar-refractivity contribution in [2.24, 2.45) is 0 Å². The third kappa shape index (κ3) is 1.95. The Bertz CT molecular complexity index is 454. The molecule has 0 amide bonds. The fraction of sp³-hybridized carbons (Fsp3) is 0.200. The first kappa shape index (κ1) is 8.85. The van der Waals surface area contributed by atoms with Crippen LogP contribution >= 0.6 is 35.3 Å². The maximum absolute atomic E-state index is 4.98. The molecule has 0 aliphatic rings. The number of hydrogen-bond acceptors (Lipinski definition) is 6. The number of nitrogens with one attached hydrogen (secondary N) is 2. The van der Waals surface area contributed by atoms with Gasteiger partial charge in [-0.05, 0) is 18.7 Å². The number of rotatable bonds is 2. The van der Waals surface area contributed by atoms with Crippen LogP contribution < -0.4 is 0 Å². The molecule has 2 aromatic heterocycles. The molecule has 0 aliphatic heterocycles. The topological polar surface area (TPSA) is 70.2 Å². The fourth-order valence-corrected chi connectivity index (χ4v) is 2.58. The minimum absolute atomic E-state index is 0.595. The molecular formula is C5H5N5S3. The number of aromatic amines is 2. The summed E-state index contributed by atoms with van der Waals surface area (Å²) in [7, 11) is 0. The number of nitrogens with zero attached hydrogens (tertiary/aromatic N) is 3. The first-order chi connectivity index (χ1) is 6.25. The van der Waals surface area contributed by atoms with E-state index in [0.29, 0.717) is 4.64 Å². The van der Waals surface area contributed by atoms with Gasteiger partial charge in [-0.3, -0.25) is 5.10 Å². The van der Waals surface area contributed by atoms with Crippen LogP contribution in [0, 0.1) is 11.6 Å². The van der Waals surface area contributed by atoms with E-state index in [4.69, 9.17) is 12.2 Å². The highest BCUT2D eigenvalue weighted by Gasteiger charge is 2.06. The van der Waals surface area contributed by atoms with Crippen LogP contribution in [0.1, 0.15) is 5.01 Å². The Morgan fingerprint density at radius 1 is 1.46 bits per heavy atom. The molecule has 0 bridgehead atoms. The lowest BCUT2D eigenvalue weighted by Gasteiger charge is -1.85. The van der Waals surface area contributed by atoms with Crippen LogP contribution in [0.3, 0.4) is 0 Å². The predicted molar refractivity (Wildman–Crippen MR) is 52.5 cm³/mol. The molecule has 0 atom stereocenters. The van der Waals surface area contributed by atoms with Crippen molar-refractivity contribution in [3.63, 3.8) is 0 Å². The van der Waals surface area contributed by atoms with E-state index in [0.717, 1.165) is 14.4 Å². The molecule has 5 nitrogen and oxygen atoms in total. The van der Waals surface area contributed by atoms with Crippen molar-refractivity contribution in [1.29, 1.82) is 0 Å². The minimum atomic E-state index is 0.595. The molecule has 2 rings (SSSR count). The Morgan fingerprint density at radius 2 is 2.31 bits per heavy atom. The van der Waals surface area contributed by atoms with Crippen molar-refractivity contribution >= 4 is 35.3 Å². The summed E-state index contributed by atoms with van der Waals surface area (Å²) < 4.78 is 1.45. The van der Waals surface area contributed by atoms with Crippen molar-refractivity contribution in [1.82, 2.24) is 25.6 Å². The molecule has 2 N–H and O–H groups in total. The molecule has 0 aromatic carbocycles. The average Bonchev–Trinajstić information content (AvgIpc) is 2.64. The molecule has 68 valence electrons. The lowest BCUT2D eigenvalue weighted by Crippen LogP contribution is -1.73. The largest absolute Gasteiger partial charge is 0.272 e. The van der Waals surface area contributed by atoms with Gasteiger partial charge in [0.05, 0.1) is 0 Å². The third-order valence-electron chi connectivity index (χ3n) is 1.21. The molecule has 8 heteroatoms. The zero-order valence-electron chi connectivity index (χ0n) is 6.57. The lowest BCUT2D eigenvalue weighted by molar-refractivity contribution is 0.908. The van der Waals surface area contributed by atoms with Gasteiger partial charge in [0, 0.05) is 0 Å². The number of hydrogen-bond donors (Lipinski definition) is 2. The van der Waals surface area contributed by atoms with Gasteiger partial charge in [-0.25, -0.2) is 5.21 Å². The molecule has 0 unspecified atom stereocenters. The smallest absolute Gasteiger partial charge is 0.180 e. The maximum Gasteiger partial charge on any atom is 0.180 e. The van der Waals surface area contributed by atoms with Gasteiger partial charge in [-0.2, -0.15) is 0 Å². The standard InChI is InChI=1S/C5H5N5S3/c1-2-6-9-5(12-2)13-4-3(11)7-10-8-4/h1H3,(H2,7,8,10,11). The monoisotopic (exact) mass is 231 g/mol. The van der Waals surface area contributed by atoms with Crippen LogP contribution in [0.4, 0.5) is 0 Å². The van der Waals surface area contributed by atoms with Gasteiger partial charge in [0.2, 0.25) is 0 Å². The van der Waals surface area contributed by atoms with Gasteiger partial charge in [0.25, 0.3) is 0 Å². The Balaban J connectivity index is 2.24. The molecule has 2 aromatic rings. The van der Waals surface area contributed by atoms with E-state index in [2.05, 4.69) is 25.6 Å². The number of aromatic nitrogens is 5. The summed E-state index contributed by atoms with van der Waals surface area (Å²) in [6.07, 6.45) is 0. The maximum atomic E-state index is 4.98. The number of H-pyrrole nitrogens is 2. The van der Waals surface area contributed by atoms with E-state index in [9.17, 15) is 0 Å². The van der Waals surface area contributed by atoms with E-state index < -0.39 is 0 Å². The second-order valence-corrected chi connectivity index (χ2v) is 5.00. The molecule has 0 saturated heterocycles. The normalized spacial score (nSPS) is 10.5. The average molecular weight is 231 g/mol. The van der Waals surface area contributed by atoms with E-state index in [1.165, 1.54) is 23.1 Å². The molecule has 0 radical (unpaired) electrons. The summed E-state index contributed by atoms with van der Waals surface area (Å²) in [6.45, 7) is 1.91. The Hall–Kier alpha value is -0.730. The molecule has 0 fully saturated rings. The summed E-state index contributed by atoms with van der Waals surface area (Å²) in [5, 5.41) is 18.7. The summed E-state index contributed by atoms with van der Waals surface area (Å²) in [6, 6.07) is 0. The quantitative estimate of drug-likeness (QED) is 0.771. The van der Waals surface area contributed by atoms with Crippen LogP contribution in [0.15, 0.2) is 9.37 Å². The number of aryl methyl sites for hydroxylation is 1. The molecule has 0 spiro atoms. The van der Waals surface area contributed by atoms with Crippen LogP contribution in [-0.4, -0.2) is 25.6 Å². The summed E-state index contributed by atoms with van der Waals surface area (Å²) >= 11 is 7.91. The molecule has 2 heterocycles. The van der Waals surface area contributed by atoms with Crippen molar-refractivity contribution in [2.75, 3.05) is 0 Å². The molecular weight excluding hydrogens is 226 g/mol. The van der Waals surface area contributed by atoms with E-state index in [-0.39, 0.29) is 0 Å². The fourth-order valence-electron chi connectivity index (χ4n) is 0.705. The van der Waals surface area contributed by atoms with Crippen LogP contribution in [-0.2, 0) is 0 Å². The second kappa shape index (κ2) is 3.56. The third-order valence-corrected chi connectivity index (χ3v) is 3.52. The SMILES string of the molecule is Cc1nnc(Sc2n[nH][nH]c2=S)s1. The first-order valence-corrected chi connectivity index (χ1v) is 5.41. The Morgan fingerprint density at radius 3 is 2.85 bits per heavy atom. The zero-order valence-corrected chi connectivity index (χ0v) is 9.02. The Labute approximate surface area is 87.0 Å². The van der Waals surface area contributed by atoms with Crippen molar-refractivity contribution in [2.45, 2.75) is 16.3 Å². The predicted octanol–water partition coefficient (Wildman–Crippen LogP) is 1.78. The van der Waals surface area contributed by atoms with Crippen molar-refractivity contribution < 1.29 is 0 Å². The summed E-state index contributed by atoms with van der Waals surface area (Å²) in [5.41, 5.74) is 0. The van der Waals surface area contributed by atoms with Crippen molar-refractivity contribution in [3.05, 3.63) is 9.65 Å². The summed E-state index contributed by atoms with van der Waals surface area (Å²) in [4.78, 5) is 0. The minimum Gasteiger partial charge on any atom is -0.272 e. The molecule has 0 aliphatic carbocycles.